The van der Waals surface area contributed by atoms with Crippen molar-refractivity contribution in [3.63, 3.8) is 0 Å². The summed E-state index contributed by atoms with van der Waals surface area (Å²) in [6, 6.07) is 13.2. The smallest absolute Gasteiger partial charge is 0.332 e. The molecule has 2 aliphatic rings. The number of anilines is 1. The largest absolute Gasteiger partial charge is 0.497 e. The summed E-state index contributed by atoms with van der Waals surface area (Å²) in [6.45, 7) is 3.39. The van der Waals surface area contributed by atoms with E-state index in [9.17, 15) is 9.59 Å². The van der Waals surface area contributed by atoms with Crippen molar-refractivity contribution in [1.82, 2.24) is 4.90 Å². The van der Waals surface area contributed by atoms with Crippen LogP contribution in [-0.4, -0.2) is 69.0 Å². The third-order valence-corrected chi connectivity index (χ3v) is 7.65. The number of hydrogen-bond donors (Lipinski definition) is 0. The number of hydrogen-bond acceptors (Lipinski definition) is 7. The molecule has 0 aromatic heterocycles. The molecule has 1 saturated heterocycles. The van der Waals surface area contributed by atoms with Crippen molar-refractivity contribution in [3.05, 3.63) is 48.0 Å². The SMILES string of the molecule is COC(=O)C1(Cc2cc(OC)cc(OC)c2)Sc2ccccc2N(CCN2CCCC2)C1=O. The average molecular weight is 471 g/mol. The van der Waals surface area contributed by atoms with Crippen LogP contribution >= 0.6 is 11.8 Å². The van der Waals surface area contributed by atoms with E-state index in [1.807, 2.05) is 36.4 Å². The van der Waals surface area contributed by atoms with Gasteiger partial charge in [-0.15, -0.1) is 0 Å². The number of ether oxygens (including phenoxy) is 3. The number of nitrogens with zero attached hydrogens (tertiary/aromatic N) is 2. The fourth-order valence-electron chi connectivity index (χ4n) is 4.53. The first-order chi connectivity index (χ1) is 16.0. The van der Waals surface area contributed by atoms with Gasteiger partial charge >= 0.3 is 5.97 Å². The van der Waals surface area contributed by atoms with E-state index in [-0.39, 0.29) is 12.3 Å². The lowest BCUT2D eigenvalue weighted by atomic mass is 9.95. The second-order valence-electron chi connectivity index (χ2n) is 8.29. The minimum absolute atomic E-state index is 0.158. The molecule has 2 aromatic carbocycles. The van der Waals surface area contributed by atoms with E-state index in [0.29, 0.717) is 18.0 Å². The van der Waals surface area contributed by atoms with Crippen LogP contribution in [0.3, 0.4) is 0 Å². The predicted molar refractivity (Wildman–Crippen MR) is 128 cm³/mol. The van der Waals surface area contributed by atoms with Crippen molar-refractivity contribution < 1.29 is 23.8 Å². The second kappa shape index (κ2) is 10.1. The molecule has 2 aliphatic heterocycles. The first kappa shape index (κ1) is 23.4. The van der Waals surface area contributed by atoms with Gasteiger partial charge in [-0.25, -0.2) is 4.79 Å². The summed E-state index contributed by atoms with van der Waals surface area (Å²) in [5.41, 5.74) is 1.60. The molecule has 176 valence electrons. The standard InChI is InChI=1S/C25H30N2O5S/c1-30-19-14-18(15-20(16-19)31-2)17-25(24(29)32-3)23(28)27(13-12-26-10-6-7-11-26)21-8-4-5-9-22(21)33-25/h4-5,8-9,14-16H,6-7,10-13,17H2,1-3H3. The molecule has 1 unspecified atom stereocenters. The van der Waals surface area contributed by atoms with E-state index in [1.54, 1.807) is 25.2 Å². The summed E-state index contributed by atoms with van der Waals surface area (Å²) >= 11 is 1.27. The molecule has 0 bridgehead atoms. The predicted octanol–water partition coefficient (Wildman–Crippen LogP) is 3.39. The Bertz CT molecular complexity index is 1000. The highest BCUT2D eigenvalue weighted by molar-refractivity contribution is 8.02. The zero-order chi connectivity index (χ0) is 23.4. The van der Waals surface area contributed by atoms with E-state index in [0.717, 1.165) is 35.8 Å². The molecule has 0 N–H and O–H groups in total. The van der Waals surface area contributed by atoms with Gasteiger partial charge in [-0.3, -0.25) is 4.79 Å². The van der Waals surface area contributed by atoms with Crippen LogP contribution in [0.1, 0.15) is 18.4 Å². The molecule has 0 spiro atoms. The Morgan fingerprint density at radius 1 is 1.00 bits per heavy atom. The van der Waals surface area contributed by atoms with Gasteiger partial charge in [-0.05, 0) is 55.8 Å². The first-order valence-electron chi connectivity index (χ1n) is 11.1. The first-order valence-corrected chi connectivity index (χ1v) is 11.9. The van der Waals surface area contributed by atoms with Crippen LogP contribution in [0.15, 0.2) is 47.4 Å². The molecule has 33 heavy (non-hydrogen) atoms. The van der Waals surface area contributed by atoms with Crippen LogP contribution < -0.4 is 14.4 Å². The second-order valence-corrected chi connectivity index (χ2v) is 9.63. The van der Waals surface area contributed by atoms with Gasteiger partial charge < -0.3 is 24.0 Å². The molecule has 0 aliphatic carbocycles. The highest BCUT2D eigenvalue weighted by Crippen LogP contribution is 2.48. The molecule has 1 amide bonds. The molecule has 0 radical (unpaired) electrons. The maximum absolute atomic E-state index is 14.1. The number of thioether (sulfide) groups is 1. The van der Waals surface area contributed by atoms with Gasteiger partial charge in [0.25, 0.3) is 5.91 Å². The van der Waals surface area contributed by atoms with Crippen molar-refractivity contribution >= 4 is 29.3 Å². The van der Waals surface area contributed by atoms with Crippen LogP contribution in [0, 0.1) is 0 Å². The number of amides is 1. The van der Waals surface area contributed by atoms with Crippen LogP contribution in [0.2, 0.25) is 0 Å². The Labute approximate surface area is 199 Å². The molecule has 0 saturated carbocycles. The maximum atomic E-state index is 14.1. The van der Waals surface area contributed by atoms with E-state index >= 15 is 0 Å². The number of fused-ring (bicyclic) bond motifs is 1. The molecule has 1 atom stereocenters. The third-order valence-electron chi connectivity index (χ3n) is 6.25. The Morgan fingerprint density at radius 2 is 1.67 bits per heavy atom. The average Bonchev–Trinajstić information content (AvgIpc) is 3.37. The van der Waals surface area contributed by atoms with E-state index in [4.69, 9.17) is 14.2 Å². The topological polar surface area (TPSA) is 68.3 Å². The van der Waals surface area contributed by atoms with Crippen LogP contribution in [-0.2, 0) is 20.7 Å². The van der Waals surface area contributed by atoms with Gasteiger partial charge in [0.05, 0.1) is 27.0 Å². The minimum atomic E-state index is -1.44. The maximum Gasteiger partial charge on any atom is 0.332 e. The summed E-state index contributed by atoms with van der Waals surface area (Å²) in [6.07, 6.45) is 2.53. The Balaban J connectivity index is 1.73. The number of methoxy groups -OCH3 is 3. The lowest BCUT2D eigenvalue weighted by Gasteiger charge is -2.40. The molecule has 8 heteroatoms. The van der Waals surface area contributed by atoms with Crippen molar-refractivity contribution in [2.24, 2.45) is 0 Å². The molecule has 2 heterocycles. The summed E-state index contributed by atoms with van der Waals surface area (Å²) < 4.78 is 14.6. The summed E-state index contributed by atoms with van der Waals surface area (Å²) in [5, 5.41) is 0. The van der Waals surface area contributed by atoms with Gasteiger partial charge in [0.15, 0.2) is 0 Å². The molecule has 4 rings (SSSR count). The lowest BCUT2D eigenvalue weighted by molar-refractivity contribution is -0.147. The van der Waals surface area contributed by atoms with Gasteiger partial charge in [0, 0.05) is 30.5 Å². The fourth-order valence-corrected chi connectivity index (χ4v) is 5.94. The third kappa shape index (κ3) is 4.68. The normalized spacial score (nSPS) is 20.5. The van der Waals surface area contributed by atoms with Crippen LogP contribution in [0.25, 0.3) is 0 Å². The Morgan fingerprint density at radius 3 is 2.30 bits per heavy atom. The summed E-state index contributed by atoms with van der Waals surface area (Å²) in [7, 11) is 4.48. The lowest BCUT2D eigenvalue weighted by Crippen LogP contribution is -2.57. The number of carbonyl (C=O) groups is 2. The van der Waals surface area contributed by atoms with Crippen LogP contribution in [0.5, 0.6) is 11.5 Å². The molecular formula is C25H30N2O5S. The number of esters is 1. The number of para-hydroxylation sites is 1. The van der Waals surface area contributed by atoms with Gasteiger partial charge in [0.1, 0.15) is 11.5 Å². The zero-order valence-electron chi connectivity index (χ0n) is 19.3. The van der Waals surface area contributed by atoms with Crippen molar-refractivity contribution in [2.45, 2.75) is 28.9 Å². The number of likely N-dealkylation sites (tertiary alicyclic amines) is 1. The number of carbonyl (C=O) groups excluding carboxylic acids is 2. The van der Waals surface area contributed by atoms with Crippen molar-refractivity contribution in [2.75, 3.05) is 52.4 Å². The van der Waals surface area contributed by atoms with E-state index in [2.05, 4.69) is 4.90 Å². The molecule has 2 aromatic rings. The van der Waals surface area contributed by atoms with Crippen molar-refractivity contribution in [1.29, 1.82) is 0 Å². The van der Waals surface area contributed by atoms with Crippen molar-refractivity contribution in [3.8, 4) is 11.5 Å². The Hall–Kier alpha value is -2.71. The molecular weight excluding hydrogens is 440 g/mol. The minimum Gasteiger partial charge on any atom is -0.497 e. The fraction of sp³-hybridized carbons (Fsp3) is 0.440. The summed E-state index contributed by atoms with van der Waals surface area (Å²) in [4.78, 5) is 32.3. The summed E-state index contributed by atoms with van der Waals surface area (Å²) in [5.74, 6) is 0.395. The highest BCUT2D eigenvalue weighted by atomic mass is 32.2. The van der Waals surface area contributed by atoms with Gasteiger partial charge in [0.2, 0.25) is 4.75 Å². The monoisotopic (exact) mass is 470 g/mol. The quantitative estimate of drug-likeness (QED) is 0.433. The van der Waals surface area contributed by atoms with E-state index < -0.39 is 10.7 Å². The van der Waals surface area contributed by atoms with Crippen LogP contribution in [0.4, 0.5) is 5.69 Å². The Kier molecular flexibility index (Phi) is 7.14. The molecule has 7 nitrogen and oxygen atoms in total. The van der Waals surface area contributed by atoms with E-state index in [1.165, 1.54) is 31.7 Å². The highest BCUT2D eigenvalue weighted by Gasteiger charge is 2.54. The number of benzene rings is 2. The van der Waals surface area contributed by atoms with Gasteiger partial charge in [-0.1, -0.05) is 23.9 Å². The molecule has 1 fully saturated rings. The van der Waals surface area contributed by atoms with Gasteiger partial charge in [-0.2, -0.15) is 0 Å². The zero-order valence-corrected chi connectivity index (χ0v) is 20.2. The number of rotatable bonds is 8.